The van der Waals surface area contributed by atoms with Crippen molar-refractivity contribution >= 4 is 45.5 Å². The molecule has 162 valence electrons. The Bertz CT molecular complexity index is 1420. The summed E-state index contributed by atoms with van der Waals surface area (Å²) in [5.41, 5.74) is 8.25. The topological polar surface area (TPSA) is 42.7 Å². The molecule has 2 aliphatic rings. The molecular weight excluding hydrogens is 416 g/mol. The molecule has 0 saturated heterocycles. The van der Waals surface area contributed by atoms with Crippen LogP contribution in [0.3, 0.4) is 0 Å². The molecule has 1 aliphatic carbocycles. The van der Waals surface area contributed by atoms with Crippen molar-refractivity contribution in [3.8, 4) is 0 Å². The van der Waals surface area contributed by atoms with Crippen LogP contribution in [0, 0.1) is 5.41 Å². The van der Waals surface area contributed by atoms with E-state index in [0.29, 0.717) is 11.4 Å². The second-order valence-corrected chi connectivity index (χ2v) is 8.13. The smallest absolute Gasteiger partial charge is 0.0887 e. The van der Waals surface area contributed by atoms with Gasteiger partial charge in [0.25, 0.3) is 0 Å². The summed E-state index contributed by atoms with van der Waals surface area (Å²) in [7, 11) is 0. The van der Waals surface area contributed by atoms with E-state index in [-0.39, 0.29) is 0 Å². The number of rotatable bonds is 3. The predicted molar refractivity (Wildman–Crippen MR) is 142 cm³/mol. The van der Waals surface area contributed by atoms with Gasteiger partial charge in [-0.15, -0.1) is 0 Å². The van der Waals surface area contributed by atoms with Crippen LogP contribution >= 0.6 is 0 Å². The van der Waals surface area contributed by atoms with Crippen LogP contribution in [0.15, 0.2) is 138 Å². The molecule has 0 spiro atoms. The third-order valence-corrected chi connectivity index (χ3v) is 5.99. The van der Waals surface area contributed by atoms with Gasteiger partial charge < -0.3 is 9.80 Å². The van der Waals surface area contributed by atoms with E-state index in [1.165, 1.54) is 0 Å². The molecule has 6 rings (SSSR count). The van der Waals surface area contributed by atoms with Crippen molar-refractivity contribution in [3.63, 3.8) is 0 Å². The van der Waals surface area contributed by atoms with E-state index in [2.05, 4.69) is 87.6 Å². The van der Waals surface area contributed by atoms with Crippen molar-refractivity contribution < 1.29 is 0 Å². The van der Waals surface area contributed by atoms with Crippen LogP contribution < -0.4 is 9.80 Å². The van der Waals surface area contributed by atoms with Gasteiger partial charge in [0.05, 0.1) is 39.9 Å². The fourth-order valence-corrected chi connectivity index (χ4v) is 4.48. The zero-order valence-electron chi connectivity index (χ0n) is 18.5. The highest BCUT2D eigenvalue weighted by molar-refractivity contribution is 6.50. The first kappa shape index (κ1) is 19.9. The van der Waals surface area contributed by atoms with Crippen molar-refractivity contribution in [1.82, 2.24) is 0 Å². The van der Waals surface area contributed by atoms with Gasteiger partial charge in [-0.1, -0.05) is 60.7 Å². The second-order valence-electron chi connectivity index (χ2n) is 8.13. The van der Waals surface area contributed by atoms with Crippen molar-refractivity contribution in [2.45, 2.75) is 0 Å². The first-order valence-electron chi connectivity index (χ1n) is 11.3. The summed E-state index contributed by atoms with van der Waals surface area (Å²) < 4.78 is 0. The number of nitrogens with zero attached hydrogens (tertiary/aromatic N) is 3. The number of hydrogen-bond donors (Lipinski definition) is 1. The minimum atomic E-state index is 0.391. The molecule has 0 bridgehead atoms. The highest BCUT2D eigenvalue weighted by Crippen LogP contribution is 2.52. The highest BCUT2D eigenvalue weighted by atomic mass is 15.3. The monoisotopic (exact) mass is 438 g/mol. The molecule has 0 aromatic heterocycles. The lowest BCUT2D eigenvalue weighted by Crippen LogP contribution is -2.28. The molecule has 34 heavy (non-hydrogen) atoms. The van der Waals surface area contributed by atoms with Crippen LogP contribution in [0.5, 0.6) is 0 Å². The summed E-state index contributed by atoms with van der Waals surface area (Å²) in [5.74, 6) is 0. The van der Waals surface area contributed by atoms with Crippen molar-refractivity contribution in [2.75, 3.05) is 9.80 Å². The Hall–Kier alpha value is -4.70. The van der Waals surface area contributed by atoms with Crippen LogP contribution in [0.1, 0.15) is 0 Å². The Morgan fingerprint density at radius 3 is 1.59 bits per heavy atom. The first-order valence-corrected chi connectivity index (χ1v) is 11.3. The zero-order valence-corrected chi connectivity index (χ0v) is 18.5. The molecule has 0 amide bonds. The summed E-state index contributed by atoms with van der Waals surface area (Å²) in [6.07, 6.45) is 5.87. The lowest BCUT2D eigenvalue weighted by atomic mass is 10.0. The van der Waals surface area contributed by atoms with Gasteiger partial charge in [-0.3, -0.25) is 5.41 Å². The second kappa shape index (κ2) is 8.34. The standard InChI is InChI=1S/C30H22N4/c31-25-21-24(19-20-26(25)32-22-11-3-1-4-12-22)34-29-17-9-7-15-27(29)33(23-13-5-2-6-14-23)28-16-8-10-18-30(28)34/h1-21,31H. The minimum absolute atomic E-state index is 0.391. The number of aliphatic imine (C=N–C) groups is 1. The normalized spacial score (nSPS) is 15.7. The van der Waals surface area contributed by atoms with Gasteiger partial charge in [-0.05, 0) is 66.8 Å². The van der Waals surface area contributed by atoms with Gasteiger partial charge in [0, 0.05) is 11.4 Å². The number of hydrogen-bond acceptors (Lipinski definition) is 4. The number of fused-ring (bicyclic) bond motifs is 2. The number of allylic oxidation sites excluding steroid dienone is 3. The highest BCUT2D eigenvalue weighted by Gasteiger charge is 2.31. The van der Waals surface area contributed by atoms with Crippen LogP contribution in [0.2, 0.25) is 0 Å². The average molecular weight is 439 g/mol. The summed E-state index contributed by atoms with van der Waals surface area (Å²) in [5, 5.41) is 8.69. The molecule has 1 N–H and O–H groups in total. The Balaban J connectivity index is 1.46. The Labute approximate surface area is 199 Å². The number of benzene rings is 4. The fraction of sp³-hybridized carbons (Fsp3) is 0. The fourth-order valence-electron chi connectivity index (χ4n) is 4.48. The number of nitrogens with one attached hydrogen (secondary N) is 1. The lowest BCUT2D eigenvalue weighted by Gasteiger charge is -2.41. The van der Waals surface area contributed by atoms with Gasteiger partial charge in [0.2, 0.25) is 0 Å². The van der Waals surface area contributed by atoms with Crippen molar-refractivity contribution in [3.05, 3.63) is 133 Å². The molecule has 1 heterocycles. The molecule has 0 fully saturated rings. The van der Waals surface area contributed by atoms with Crippen molar-refractivity contribution in [1.29, 1.82) is 5.41 Å². The number of para-hydroxylation sites is 6. The Morgan fingerprint density at radius 1 is 0.529 bits per heavy atom. The summed E-state index contributed by atoms with van der Waals surface area (Å²) in [6, 6.07) is 37.0. The zero-order chi connectivity index (χ0) is 22.9. The third kappa shape index (κ3) is 3.42. The van der Waals surface area contributed by atoms with E-state index in [4.69, 9.17) is 5.41 Å². The van der Waals surface area contributed by atoms with Gasteiger partial charge in [-0.25, -0.2) is 4.99 Å². The maximum absolute atomic E-state index is 8.69. The number of anilines is 5. The van der Waals surface area contributed by atoms with Crippen LogP contribution in [-0.4, -0.2) is 11.4 Å². The summed E-state index contributed by atoms with van der Waals surface area (Å²) >= 11 is 0. The molecule has 4 aromatic rings. The molecule has 0 unspecified atom stereocenters. The quantitative estimate of drug-likeness (QED) is 0.331. The minimum Gasteiger partial charge on any atom is -0.306 e. The molecule has 4 nitrogen and oxygen atoms in total. The summed E-state index contributed by atoms with van der Waals surface area (Å²) in [4.78, 5) is 9.18. The van der Waals surface area contributed by atoms with E-state index >= 15 is 0 Å². The Morgan fingerprint density at radius 2 is 1.03 bits per heavy atom. The Kier molecular flexibility index (Phi) is 4.89. The molecular formula is C30H22N4. The van der Waals surface area contributed by atoms with E-state index in [1.807, 2.05) is 54.6 Å². The maximum atomic E-state index is 8.69. The van der Waals surface area contributed by atoms with Crippen LogP contribution in [-0.2, 0) is 0 Å². The van der Waals surface area contributed by atoms with Gasteiger partial charge in [0.1, 0.15) is 0 Å². The van der Waals surface area contributed by atoms with Gasteiger partial charge >= 0.3 is 0 Å². The average Bonchev–Trinajstić information content (AvgIpc) is 2.89. The largest absolute Gasteiger partial charge is 0.306 e. The van der Waals surface area contributed by atoms with Crippen LogP contribution in [0.4, 0.5) is 34.1 Å². The maximum Gasteiger partial charge on any atom is 0.0887 e. The molecule has 0 radical (unpaired) electrons. The molecule has 0 atom stereocenters. The third-order valence-electron chi connectivity index (χ3n) is 5.99. The van der Waals surface area contributed by atoms with Crippen LogP contribution in [0.25, 0.3) is 0 Å². The SMILES string of the molecule is N=C1C=C(N2c3ccccc3N(c3ccccc3)c3ccccc32)C=CC1=Nc1ccccc1. The van der Waals surface area contributed by atoms with Gasteiger partial charge in [0.15, 0.2) is 0 Å². The van der Waals surface area contributed by atoms with E-state index in [1.54, 1.807) is 0 Å². The van der Waals surface area contributed by atoms with E-state index in [0.717, 1.165) is 39.8 Å². The molecule has 0 saturated carbocycles. The lowest BCUT2D eigenvalue weighted by molar-refractivity contribution is 1.13. The predicted octanol–water partition coefficient (Wildman–Crippen LogP) is 7.85. The van der Waals surface area contributed by atoms with Crippen molar-refractivity contribution in [2.24, 2.45) is 4.99 Å². The van der Waals surface area contributed by atoms with E-state index in [9.17, 15) is 0 Å². The molecule has 4 heteroatoms. The molecule has 1 aliphatic heterocycles. The molecule has 4 aromatic carbocycles. The first-order chi connectivity index (χ1) is 16.8. The van der Waals surface area contributed by atoms with Gasteiger partial charge in [-0.2, -0.15) is 0 Å². The summed E-state index contributed by atoms with van der Waals surface area (Å²) in [6.45, 7) is 0. The van der Waals surface area contributed by atoms with E-state index < -0.39 is 0 Å².